The van der Waals surface area contributed by atoms with Crippen LogP contribution in [0.3, 0.4) is 0 Å². The molecule has 1 saturated carbocycles. The molecule has 18 heavy (non-hydrogen) atoms. The van der Waals surface area contributed by atoms with Gasteiger partial charge >= 0.3 is 0 Å². The van der Waals surface area contributed by atoms with E-state index in [9.17, 15) is 5.11 Å². The molecule has 0 aliphatic heterocycles. The van der Waals surface area contributed by atoms with E-state index in [1.54, 1.807) is 0 Å². The number of allylic oxidation sites excluding steroid dienone is 1. The van der Waals surface area contributed by atoms with Gasteiger partial charge in [-0.1, -0.05) is 25.8 Å². The van der Waals surface area contributed by atoms with E-state index in [2.05, 4.69) is 18.8 Å². The van der Waals surface area contributed by atoms with E-state index in [1.165, 1.54) is 38.5 Å². The summed E-state index contributed by atoms with van der Waals surface area (Å²) in [6.07, 6.45) is 12.5. The van der Waals surface area contributed by atoms with Crippen LogP contribution in [0.2, 0.25) is 0 Å². The zero-order valence-electron chi connectivity index (χ0n) is 12.1. The smallest absolute Gasteiger partial charge is 0.0771 e. The molecule has 1 rings (SSSR count). The minimum atomic E-state index is -0.424. The molecule has 0 spiro atoms. The van der Waals surface area contributed by atoms with E-state index >= 15 is 0 Å². The lowest BCUT2D eigenvalue weighted by Gasteiger charge is -2.36. The van der Waals surface area contributed by atoms with Crippen molar-refractivity contribution < 1.29 is 5.11 Å². The maximum Gasteiger partial charge on any atom is 0.0771 e. The highest BCUT2D eigenvalue weighted by Crippen LogP contribution is 2.33. The summed E-state index contributed by atoms with van der Waals surface area (Å²) in [7, 11) is 0. The first-order chi connectivity index (χ1) is 8.70. The summed E-state index contributed by atoms with van der Waals surface area (Å²) in [5.41, 5.74) is -0.424. The van der Waals surface area contributed by atoms with Crippen molar-refractivity contribution in [2.24, 2.45) is 5.92 Å². The molecule has 0 atom stereocenters. The van der Waals surface area contributed by atoms with Gasteiger partial charge in [-0.15, -0.1) is 6.58 Å². The van der Waals surface area contributed by atoms with Gasteiger partial charge in [0.2, 0.25) is 0 Å². The van der Waals surface area contributed by atoms with Crippen LogP contribution in [0.4, 0.5) is 0 Å². The van der Waals surface area contributed by atoms with Gasteiger partial charge in [-0.3, -0.25) is 0 Å². The summed E-state index contributed by atoms with van der Waals surface area (Å²) >= 11 is 0. The van der Waals surface area contributed by atoms with Crippen LogP contribution in [0.25, 0.3) is 0 Å². The molecular formula is C16H31NO. The van der Waals surface area contributed by atoms with Crippen molar-refractivity contribution in [1.82, 2.24) is 5.32 Å². The van der Waals surface area contributed by atoms with E-state index < -0.39 is 5.60 Å². The number of nitrogens with one attached hydrogen (secondary N) is 1. The molecule has 0 aromatic rings. The van der Waals surface area contributed by atoms with Gasteiger partial charge in [0.05, 0.1) is 5.60 Å². The second-order valence-electron chi connectivity index (χ2n) is 5.89. The predicted molar refractivity (Wildman–Crippen MR) is 78.7 cm³/mol. The number of hydrogen-bond acceptors (Lipinski definition) is 2. The van der Waals surface area contributed by atoms with Gasteiger partial charge in [-0.2, -0.15) is 0 Å². The van der Waals surface area contributed by atoms with Crippen LogP contribution >= 0.6 is 0 Å². The third kappa shape index (κ3) is 6.01. The monoisotopic (exact) mass is 253 g/mol. The average molecular weight is 253 g/mol. The molecule has 1 aliphatic carbocycles. The normalized spacial score (nSPS) is 28.2. The van der Waals surface area contributed by atoms with Crippen LogP contribution in [-0.2, 0) is 0 Å². The van der Waals surface area contributed by atoms with Crippen LogP contribution in [-0.4, -0.2) is 23.8 Å². The summed E-state index contributed by atoms with van der Waals surface area (Å²) in [6.45, 7) is 7.81. The van der Waals surface area contributed by atoms with Gasteiger partial charge in [0.1, 0.15) is 0 Å². The summed E-state index contributed by atoms with van der Waals surface area (Å²) in [5, 5.41) is 13.9. The van der Waals surface area contributed by atoms with Crippen molar-refractivity contribution in [2.45, 2.75) is 70.3 Å². The molecule has 0 aromatic heterocycles. The van der Waals surface area contributed by atoms with Crippen molar-refractivity contribution in [3.05, 3.63) is 12.7 Å². The Bertz CT molecular complexity index is 219. The molecule has 106 valence electrons. The summed E-state index contributed by atoms with van der Waals surface area (Å²) in [5.74, 6) is 0.851. The largest absolute Gasteiger partial charge is 0.389 e. The summed E-state index contributed by atoms with van der Waals surface area (Å²) in [4.78, 5) is 0. The molecule has 0 aromatic carbocycles. The van der Waals surface area contributed by atoms with E-state index in [4.69, 9.17) is 0 Å². The van der Waals surface area contributed by atoms with Crippen molar-refractivity contribution in [2.75, 3.05) is 13.1 Å². The Labute approximate surface area is 113 Å². The molecule has 0 amide bonds. The molecule has 1 fully saturated rings. The third-order valence-corrected chi connectivity index (χ3v) is 4.33. The van der Waals surface area contributed by atoms with E-state index in [0.29, 0.717) is 0 Å². The molecule has 0 bridgehead atoms. The maximum absolute atomic E-state index is 10.4. The molecule has 2 nitrogen and oxygen atoms in total. The van der Waals surface area contributed by atoms with E-state index in [1.807, 2.05) is 6.08 Å². The Kier molecular flexibility index (Phi) is 7.60. The lowest BCUT2D eigenvalue weighted by molar-refractivity contribution is -0.00847. The molecule has 0 heterocycles. The summed E-state index contributed by atoms with van der Waals surface area (Å²) in [6, 6.07) is 0. The SMILES string of the molecule is C=CCCCCCNCC1(O)CCC(CC)CC1. The Morgan fingerprint density at radius 2 is 2.00 bits per heavy atom. The Hall–Kier alpha value is -0.340. The van der Waals surface area contributed by atoms with Gasteiger partial charge < -0.3 is 10.4 Å². The van der Waals surface area contributed by atoms with Crippen LogP contribution < -0.4 is 5.32 Å². The first-order valence-electron chi connectivity index (χ1n) is 7.74. The molecule has 0 saturated heterocycles. The van der Waals surface area contributed by atoms with Gasteiger partial charge in [0.15, 0.2) is 0 Å². The van der Waals surface area contributed by atoms with Crippen LogP contribution in [0.15, 0.2) is 12.7 Å². The molecule has 0 unspecified atom stereocenters. The van der Waals surface area contributed by atoms with Crippen LogP contribution in [0.1, 0.15) is 64.7 Å². The standard InChI is InChI=1S/C16H31NO/c1-3-5-6-7-8-13-17-14-16(18)11-9-15(4-2)10-12-16/h3,15,17-18H,1,4-14H2,2H3. The van der Waals surface area contributed by atoms with Gasteiger partial charge in [0.25, 0.3) is 0 Å². The molecule has 2 heteroatoms. The highest BCUT2D eigenvalue weighted by Gasteiger charge is 2.31. The second-order valence-corrected chi connectivity index (χ2v) is 5.89. The molecule has 2 N–H and O–H groups in total. The molecule has 1 aliphatic rings. The van der Waals surface area contributed by atoms with Gasteiger partial charge in [0, 0.05) is 6.54 Å². The quantitative estimate of drug-likeness (QED) is 0.485. The lowest BCUT2D eigenvalue weighted by atomic mass is 9.78. The van der Waals surface area contributed by atoms with E-state index in [0.717, 1.165) is 38.3 Å². The topological polar surface area (TPSA) is 32.3 Å². The first kappa shape index (κ1) is 15.7. The number of aliphatic hydroxyl groups is 1. The number of unbranched alkanes of at least 4 members (excludes halogenated alkanes) is 3. The van der Waals surface area contributed by atoms with Crippen molar-refractivity contribution >= 4 is 0 Å². The predicted octanol–water partition coefficient (Wildman–Crippen LogP) is 3.65. The first-order valence-corrected chi connectivity index (χ1v) is 7.74. The number of hydrogen-bond donors (Lipinski definition) is 2. The Morgan fingerprint density at radius 1 is 1.28 bits per heavy atom. The molecular weight excluding hydrogens is 222 g/mol. The van der Waals surface area contributed by atoms with Gasteiger partial charge in [-0.05, 0) is 57.4 Å². The maximum atomic E-state index is 10.4. The van der Waals surface area contributed by atoms with E-state index in [-0.39, 0.29) is 0 Å². The Morgan fingerprint density at radius 3 is 2.61 bits per heavy atom. The summed E-state index contributed by atoms with van der Waals surface area (Å²) < 4.78 is 0. The van der Waals surface area contributed by atoms with Crippen molar-refractivity contribution in [3.8, 4) is 0 Å². The molecule has 0 radical (unpaired) electrons. The third-order valence-electron chi connectivity index (χ3n) is 4.33. The van der Waals surface area contributed by atoms with Crippen molar-refractivity contribution in [1.29, 1.82) is 0 Å². The second kappa shape index (κ2) is 8.71. The minimum Gasteiger partial charge on any atom is -0.389 e. The minimum absolute atomic E-state index is 0.424. The zero-order valence-corrected chi connectivity index (χ0v) is 12.1. The fourth-order valence-electron chi connectivity index (χ4n) is 2.84. The van der Waals surface area contributed by atoms with Crippen LogP contribution in [0, 0.1) is 5.92 Å². The highest BCUT2D eigenvalue weighted by molar-refractivity contribution is 4.86. The fourth-order valence-corrected chi connectivity index (χ4v) is 2.84. The fraction of sp³-hybridized carbons (Fsp3) is 0.875. The zero-order chi connectivity index (χ0) is 13.3. The average Bonchev–Trinajstić information content (AvgIpc) is 2.39. The van der Waals surface area contributed by atoms with Gasteiger partial charge in [-0.25, -0.2) is 0 Å². The van der Waals surface area contributed by atoms with Crippen LogP contribution in [0.5, 0.6) is 0 Å². The number of rotatable bonds is 9. The van der Waals surface area contributed by atoms with Crippen molar-refractivity contribution in [3.63, 3.8) is 0 Å². The Balaban J connectivity index is 2.02. The lowest BCUT2D eigenvalue weighted by Crippen LogP contribution is -2.43. The highest BCUT2D eigenvalue weighted by atomic mass is 16.3.